The fourth-order valence-electron chi connectivity index (χ4n) is 2.40. The van der Waals surface area contributed by atoms with E-state index in [-0.39, 0.29) is 0 Å². The van der Waals surface area contributed by atoms with Crippen LogP contribution < -0.4 is 5.32 Å². The lowest BCUT2D eigenvalue weighted by Gasteiger charge is -2.20. The number of benzene rings is 1. The molecule has 3 heteroatoms. The van der Waals surface area contributed by atoms with E-state index in [1.807, 2.05) is 6.20 Å². The Morgan fingerprint density at radius 2 is 2.06 bits per heavy atom. The third-order valence-electron chi connectivity index (χ3n) is 3.45. The highest BCUT2D eigenvalue weighted by atomic mass is 15.3. The van der Waals surface area contributed by atoms with E-state index in [0.29, 0.717) is 5.92 Å². The first kappa shape index (κ1) is 10.5. The van der Waals surface area contributed by atoms with Gasteiger partial charge in [-0.3, -0.25) is 0 Å². The van der Waals surface area contributed by atoms with Gasteiger partial charge in [-0.2, -0.15) is 5.10 Å². The predicted octanol–water partition coefficient (Wildman–Crippen LogP) is 2.39. The zero-order chi connectivity index (χ0) is 11.8. The summed E-state index contributed by atoms with van der Waals surface area (Å²) in [7, 11) is 0. The van der Waals surface area contributed by atoms with Crippen molar-refractivity contribution in [2.45, 2.75) is 26.3 Å². The molecule has 0 saturated carbocycles. The molecule has 3 rings (SSSR count). The van der Waals surface area contributed by atoms with Crippen molar-refractivity contribution < 1.29 is 0 Å². The van der Waals surface area contributed by atoms with Gasteiger partial charge in [-0.25, -0.2) is 4.68 Å². The van der Waals surface area contributed by atoms with Crippen molar-refractivity contribution in [3.05, 3.63) is 47.3 Å². The van der Waals surface area contributed by atoms with E-state index >= 15 is 0 Å². The van der Waals surface area contributed by atoms with E-state index in [9.17, 15) is 0 Å². The minimum absolute atomic E-state index is 0.554. The van der Waals surface area contributed by atoms with Gasteiger partial charge in [-0.1, -0.05) is 24.6 Å². The van der Waals surface area contributed by atoms with E-state index < -0.39 is 0 Å². The van der Waals surface area contributed by atoms with E-state index in [0.717, 1.165) is 18.8 Å². The van der Waals surface area contributed by atoms with Crippen molar-refractivity contribution >= 4 is 0 Å². The van der Waals surface area contributed by atoms with Crippen LogP contribution in [0.4, 0.5) is 0 Å². The molecule has 1 unspecified atom stereocenters. The highest BCUT2D eigenvalue weighted by molar-refractivity contribution is 5.38. The zero-order valence-corrected chi connectivity index (χ0v) is 10.3. The highest BCUT2D eigenvalue weighted by Gasteiger charge is 2.20. The molecule has 88 valence electrons. The molecule has 1 aromatic heterocycles. The lowest BCUT2D eigenvalue weighted by atomic mass is 9.98. The first-order chi connectivity index (χ1) is 8.25. The maximum absolute atomic E-state index is 4.52. The molecule has 0 fully saturated rings. The zero-order valence-electron chi connectivity index (χ0n) is 10.3. The number of rotatable bonds is 1. The molecule has 1 N–H and O–H groups in total. The molecule has 2 heterocycles. The summed E-state index contributed by atoms with van der Waals surface area (Å²) in [6.45, 7) is 6.30. The van der Waals surface area contributed by atoms with Crippen LogP contribution in [-0.4, -0.2) is 16.3 Å². The first-order valence-electron chi connectivity index (χ1n) is 6.10. The maximum atomic E-state index is 4.52. The summed E-state index contributed by atoms with van der Waals surface area (Å²) >= 11 is 0. The van der Waals surface area contributed by atoms with Gasteiger partial charge in [0.05, 0.1) is 17.6 Å². The molecule has 0 saturated heterocycles. The summed E-state index contributed by atoms with van der Waals surface area (Å²) in [5.74, 6) is 0.554. The van der Waals surface area contributed by atoms with Gasteiger partial charge >= 0.3 is 0 Å². The highest BCUT2D eigenvalue weighted by Crippen LogP contribution is 2.25. The molecule has 0 aliphatic carbocycles. The van der Waals surface area contributed by atoms with Gasteiger partial charge < -0.3 is 5.32 Å². The molecule has 2 aromatic rings. The minimum Gasteiger partial charge on any atom is -0.311 e. The first-order valence-corrected chi connectivity index (χ1v) is 6.10. The van der Waals surface area contributed by atoms with Crippen LogP contribution in [0.25, 0.3) is 5.69 Å². The van der Waals surface area contributed by atoms with E-state index in [1.54, 1.807) is 0 Å². The van der Waals surface area contributed by atoms with Crippen LogP contribution in [0.5, 0.6) is 0 Å². The number of aromatic nitrogens is 2. The maximum Gasteiger partial charge on any atom is 0.0649 e. The molecule has 1 atom stereocenters. The van der Waals surface area contributed by atoms with Gasteiger partial charge in [-0.15, -0.1) is 0 Å². The number of aryl methyl sites for hydroxylation is 1. The van der Waals surface area contributed by atoms with Crippen LogP contribution in [0.1, 0.15) is 29.7 Å². The minimum atomic E-state index is 0.554. The summed E-state index contributed by atoms with van der Waals surface area (Å²) in [5.41, 5.74) is 5.10. The van der Waals surface area contributed by atoms with Gasteiger partial charge in [0.1, 0.15) is 0 Å². The number of hydrogen-bond donors (Lipinski definition) is 1. The quantitative estimate of drug-likeness (QED) is 0.810. The molecule has 1 aliphatic heterocycles. The molecule has 1 aliphatic rings. The predicted molar refractivity (Wildman–Crippen MR) is 68.4 cm³/mol. The Kier molecular flexibility index (Phi) is 2.48. The molecular weight excluding hydrogens is 210 g/mol. The normalized spacial score (nSPS) is 19.1. The standard InChI is InChI=1S/C14H17N3/c1-10-3-5-12(6-4-10)17-14-9-15-7-11(2)13(14)8-16-17/h3-6,8,11,15H,7,9H2,1-2H3. The second-order valence-corrected chi connectivity index (χ2v) is 4.83. The molecule has 17 heavy (non-hydrogen) atoms. The molecule has 0 amide bonds. The Bertz CT molecular complexity index is 525. The lowest BCUT2D eigenvalue weighted by Crippen LogP contribution is -2.27. The summed E-state index contributed by atoms with van der Waals surface area (Å²) < 4.78 is 2.05. The van der Waals surface area contributed by atoms with Crippen molar-refractivity contribution in [3.8, 4) is 5.69 Å². The summed E-state index contributed by atoms with van der Waals surface area (Å²) in [5, 5.41) is 7.96. The van der Waals surface area contributed by atoms with Gasteiger partial charge in [-0.05, 0) is 30.5 Å². The fraction of sp³-hybridized carbons (Fsp3) is 0.357. The van der Waals surface area contributed by atoms with E-state index in [2.05, 4.69) is 53.2 Å². The van der Waals surface area contributed by atoms with Gasteiger partial charge in [0.25, 0.3) is 0 Å². The topological polar surface area (TPSA) is 29.9 Å². The average Bonchev–Trinajstić information content (AvgIpc) is 2.75. The number of hydrogen-bond acceptors (Lipinski definition) is 2. The van der Waals surface area contributed by atoms with Crippen LogP contribution in [0.15, 0.2) is 30.5 Å². The number of nitrogens with one attached hydrogen (secondary N) is 1. The van der Waals surface area contributed by atoms with Gasteiger partial charge in [0, 0.05) is 13.1 Å². The van der Waals surface area contributed by atoms with Gasteiger partial charge in [0.2, 0.25) is 0 Å². The van der Waals surface area contributed by atoms with Crippen molar-refractivity contribution in [1.29, 1.82) is 0 Å². The third kappa shape index (κ3) is 1.76. The van der Waals surface area contributed by atoms with Crippen LogP contribution in [0.2, 0.25) is 0 Å². The second kappa shape index (κ2) is 4.00. The molecule has 3 nitrogen and oxygen atoms in total. The average molecular weight is 227 g/mol. The SMILES string of the molecule is Cc1ccc(-n2ncc3c2CNCC3C)cc1. The Morgan fingerprint density at radius 1 is 1.29 bits per heavy atom. The van der Waals surface area contributed by atoms with Crippen LogP contribution >= 0.6 is 0 Å². The molecule has 0 bridgehead atoms. The van der Waals surface area contributed by atoms with Crippen molar-refractivity contribution in [2.24, 2.45) is 0 Å². The van der Waals surface area contributed by atoms with Crippen LogP contribution in [0, 0.1) is 6.92 Å². The monoisotopic (exact) mass is 227 g/mol. The fourth-order valence-corrected chi connectivity index (χ4v) is 2.40. The summed E-state index contributed by atoms with van der Waals surface area (Å²) in [4.78, 5) is 0. The summed E-state index contributed by atoms with van der Waals surface area (Å²) in [6.07, 6.45) is 2.01. The number of fused-ring (bicyclic) bond motifs is 1. The number of nitrogens with zero attached hydrogens (tertiary/aromatic N) is 2. The van der Waals surface area contributed by atoms with Crippen molar-refractivity contribution in [3.63, 3.8) is 0 Å². The van der Waals surface area contributed by atoms with Gasteiger partial charge in [0.15, 0.2) is 0 Å². The summed E-state index contributed by atoms with van der Waals surface area (Å²) in [6, 6.07) is 8.51. The Morgan fingerprint density at radius 3 is 2.82 bits per heavy atom. The molecular formula is C14H17N3. The molecule has 0 radical (unpaired) electrons. The largest absolute Gasteiger partial charge is 0.311 e. The van der Waals surface area contributed by atoms with Crippen LogP contribution in [-0.2, 0) is 6.54 Å². The van der Waals surface area contributed by atoms with Crippen molar-refractivity contribution in [2.75, 3.05) is 6.54 Å². The second-order valence-electron chi connectivity index (χ2n) is 4.83. The Labute approximate surface area is 101 Å². The smallest absolute Gasteiger partial charge is 0.0649 e. The Balaban J connectivity index is 2.07. The molecule has 1 aromatic carbocycles. The van der Waals surface area contributed by atoms with Crippen molar-refractivity contribution in [1.82, 2.24) is 15.1 Å². The third-order valence-corrected chi connectivity index (χ3v) is 3.45. The molecule has 0 spiro atoms. The van der Waals surface area contributed by atoms with E-state index in [4.69, 9.17) is 0 Å². The Hall–Kier alpha value is -1.61. The lowest BCUT2D eigenvalue weighted by molar-refractivity contribution is 0.554. The van der Waals surface area contributed by atoms with E-state index in [1.165, 1.54) is 16.8 Å². The van der Waals surface area contributed by atoms with Crippen LogP contribution in [0.3, 0.4) is 0 Å².